The van der Waals surface area contributed by atoms with E-state index in [0.717, 1.165) is 0 Å². The van der Waals surface area contributed by atoms with Gasteiger partial charge in [0, 0.05) is 6.20 Å². The van der Waals surface area contributed by atoms with E-state index in [0.29, 0.717) is 10.8 Å². The molecule has 0 saturated heterocycles. The van der Waals surface area contributed by atoms with Crippen LogP contribution in [0.1, 0.15) is 13.8 Å². The number of aromatic nitrogens is 1. The predicted octanol–water partition coefficient (Wildman–Crippen LogP) is 2.69. The molecular formula is C9H11ClN2O2. The molecule has 1 rings (SSSR count). The lowest BCUT2D eigenvalue weighted by Gasteiger charge is -2.09. The Morgan fingerprint density at radius 3 is 2.93 bits per heavy atom. The maximum Gasteiger partial charge on any atom is 0.413 e. The molecule has 0 unspecified atom stereocenters. The average Bonchev–Trinajstić information content (AvgIpc) is 2.07. The zero-order valence-electron chi connectivity index (χ0n) is 7.95. The normalized spacial score (nSPS) is 10.0. The van der Waals surface area contributed by atoms with E-state index in [1.54, 1.807) is 26.0 Å². The van der Waals surface area contributed by atoms with Crippen molar-refractivity contribution in [3.63, 3.8) is 0 Å². The van der Waals surface area contributed by atoms with Gasteiger partial charge in [-0.15, -0.1) is 0 Å². The first-order chi connectivity index (χ1) is 6.59. The molecule has 5 heteroatoms. The lowest BCUT2D eigenvalue weighted by molar-refractivity contribution is 0.130. The van der Waals surface area contributed by atoms with E-state index in [1.807, 2.05) is 0 Å². The Labute approximate surface area is 87.2 Å². The van der Waals surface area contributed by atoms with Gasteiger partial charge in [0.1, 0.15) is 0 Å². The van der Waals surface area contributed by atoms with Gasteiger partial charge in [0.05, 0.1) is 11.1 Å². The highest BCUT2D eigenvalue weighted by molar-refractivity contribution is 6.33. The largest absolute Gasteiger partial charge is 0.447 e. The number of nitrogens with one attached hydrogen (secondary N) is 1. The monoisotopic (exact) mass is 214 g/mol. The van der Waals surface area contributed by atoms with E-state index < -0.39 is 6.09 Å². The summed E-state index contributed by atoms with van der Waals surface area (Å²) in [5, 5.41) is 2.82. The maximum atomic E-state index is 11.1. The van der Waals surface area contributed by atoms with Crippen LogP contribution in [-0.2, 0) is 4.74 Å². The van der Waals surface area contributed by atoms with Gasteiger partial charge in [-0.05, 0) is 26.0 Å². The molecule has 0 aliphatic rings. The van der Waals surface area contributed by atoms with Gasteiger partial charge in [-0.25, -0.2) is 9.78 Å². The minimum atomic E-state index is -0.555. The van der Waals surface area contributed by atoms with Crippen molar-refractivity contribution in [1.82, 2.24) is 4.98 Å². The zero-order chi connectivity index (χ0) is 10.6. The van der Waals surface area contributed by atoms with Gasteiger partial charge in [0.15, 0.2) is 5.82 Å². The molecule has 0 fully saturated rings. The predicted molar refractivity (Wildman–Crippen MR) is 54.5 cm³/mol. The molecular weight excluding hydrogens is 204 g/mol. The highest BCUT2D eigenvalue weighted by Gasteiger charge is 2.08. The van der Waals surface area contributed by atoms with Crippen LogP contribution in [0, 0.1) is 0 Å². The molecule has 0 bridgehead atoms. The Bertz CT molecular complexity index is 328. The molecule has 14 heavy (non-hydrogen) atoms. The first kappa shape index (κ1) is 10.8. The molecule has 4 nitrogen and oxygen atoms in total. The molecule has 0 aromatic carbocycles. The van der Waals surface area contributed by atoms with Gasteiger partial charge in [-0.2, -0.15) is 0 Å². The van der Waals surface area contributed by atoms with Crippen LogP contribution in [0.3, 0.4) is 0 Å². The molecule has 0 aliphatic carbocycles. The van der Waals surface area contributed by atoms with Crippen molar-refractivity contribution >= 4 is 23.5 Å². The smallest absolute Gasteiger partial charge is 0.413 e. The molecule has 76 valence electrons. The number of nitrogens with zero attached hydrogens (tertiary/aromatic N) is 1. The second-order valence-electron chi connectivity index (χ2n) is 2.91. The molecule has 1 aromatic heterocycles. The summed E-state index contributed by atoms with van der Waals surface area (Å²) >= 11 is 5.77. The van der Waals surface area contributed by atoms with E-state index in [1.165, 1.54) is 6.20 Å². The summed E-state index contributed by atoms with van der Waals surface area (Å²) in [5.41, 5.74) is 0. The van der Waals surface area contributed by atoms with Crippen molar-refractivity contribution in [2.24, 2.45) is 0 Å². The minimum absolute atomic E-state index is 0.169. The number of halogens is 1. The third-order valence-electron chi connectivity index (χ3n) is 1.32. The van der Waals surface area contributed by atoms with Crippen molar-refractivity contribution in [2.75, 3.05) is 5.32 Å². The summed E-state index contributed by atoms with van der Waals surface area (Å²) in [6.45, 7) is 3.53. The Hall–Kier alpha value is -1.29. The molecule has 0 radical (unpaired) electrons. The molecule has 1 N–H and O–H groups in total. The van der Waals surface area contributed by atoms with Gasteiger partial charge < -0.3 is 4.74 Å². The number of hydrogen-bond donors (Lipinski definition) is 1. The number of rotatable bonds is 2. The van der Waals surface area contributed by atoms with E-state index in [4.69, 9.17) is 16.3 Å². The molecule has 0 spiro atoms. The van der Waals surface area contributed by atoms with Crippen LogP contribution in [0.2, 0.25) is 5.02 Å². The molecule has 1 amide bonds. The Balaban J connectivity index is 2.61. The summed E-state index contributed by atoms with van der Waals surface area (Å²) in [7, 11) is 0. The maximum absolute atomic E-state index is 11.1. The summed E-state index contributed by atoms with van der Waals surface area (Å²) < 4.78 is 4.86. The molecule has 1 aromatic rings. The van der Waals surface area contributed by atoms with Gasteiger partial charge in [0.25, 0.3) is 0 Å². The fourth-order valence-corrected chi connectivity index (χ4v) is 0.987. The van der Waals surface area contributed by atoms with E-state index in [9.17, 15) is 4.79 Å². The molecule has 1 heterocycles. The third kappa shape index (κ3) is 3.22. The Morgan fingerprint density at radius 2 is 2.36 bits per heavy atom. The van der Waals surface area contributed by atoms with Gasteiger partial charge in [0.2, 0.25) is 0 Å². The Kier molecular flexibility index (Phi) is 3.71. The SMILES string of the molecule is CC(C)OC(=O)Nc1ncccc1Cl. The van der Waals surface area contributed by atoms with Crippen molar-refractivity contribution in [1.29, 1.82) is 0 Å². The van der Waals surface area contributed by atoms with Crippen LogP contribution in [0.25, 0.3) is 0 Å². The summed E-state index contributed by atoms with van der Waals surface area (Å²) in [6.07, 6.45) is 0.815. The van der Waals surface area contributed by atoms with Crippen molar-refractivity contribution in [2.45, 2.75) is 20.0 Å². The van der Waals surface area contributed by atoms with E-state index in [2.05, 4.69) is 10.3 Å². The lowest BCUT2D eigenvalue weighted by atomic mass is 10.4. The number of carbonyl (C=O) groups excluding carboxylic acids is 1. The summed E-state index contributed by atoms with van der Waals surface area (Å²) in [4.78, 5) is 15.0. The number of pyridine rings is 1. The second kappa shape index (κ2) is 4.81. The quantitative estimate of drug-likeness (QED) is 0.824. The standard InChI is InChI=1S/C9H11ClN2O2/c1-6(2)14-9(13)12-8-7(10)4-3-5-11-8/h3-6H,1-2H3,(H,11,12,13). The minimum Gasteiger partial charge on any atom is -0.447 e. The van der Waals surface area contributed by atoms with E-state index >= 15 is 0 Å². The van der Waals surface area contributed by atoms with Gasteiger partial charge >= 0.3 is 6.09 Å². The van der Waals surface area contributed by atoms with Gasteiger partial charge in [-0.1, -0.05) is 11.6 Å². The van der Waals surface area contributed by atoms with Gasteiger partial charge in [-0.3, -0.25) is 5.32 Å². The summed E-state index contributed by atoms with van der Waals surface area (Å²) in [5.74, 6) is 0.305. The first-order valence-corrected chi connectivity index (χ1v) is 4.55. The van der Waals surface area contributed by atoms with Crippen LogP contribution in [-0.4, -0.2) is 17.2 Å². The highest BCUT2D eigenvalue weighted by atomic mass is 35.5. The lowest BCUT2D eigenvalue weighted by Crippen LogP contribution is -2.18. The van der Waals surface area contributed by atoms with Crippen LogP contribution in [0.4, 0.5) is 10.6 Å². The number of ether oxygens (including phenoxy) is 1. The fourth-order valence-electron chi connectivity index (χ4n) is 0.818. The van der Waals surface area contributed by atoms with Crippen LogP contribution in [0.15, 0.2) is 18.3 Å². The second-order valence-corrected chi connectivity index (χ2v) is 3.32. The average molecular weight is 215 g/mol. The number of hydrogen-bond acceptors (Lipinski definition) is 3. The molecule has 0 aliphatic heterocycles. The fraction of sp³-hybridized carbons (Fsp3) is 0.333. The van der Waals surface area contributed by atoms with Crippen molar-refractivity contribution < 1.29 is 9.53 Å². The molecule has 0 saturated carbocycles. The highest BCUT2D eigenvalue weighted by Crippen LogP contribution is 2.17. The number of anilines is 1. The summed E-state index contributed by atoms with van der Waals surface area (Å²) in [6, 6.07) is 3.32. The third-order valence-corrected chi connectivity index (χ3v) is 1.63. The van der Waals surface area contributed by atoms with E-state index in [-0.39, 0.29) is 6.10 Å². The zero-order valence-corrected chi connectivity index (χ0v) is 8.71. The van der Waals surface area contributed by atoms with Crippen LogP contribution in [0.5, 0.6) is 0 Å². The molecule has 0 atom stereocenters. The van der Waals surface area contributed by atoms with Crippen LogP contribution < -0.4 is 5.32 Å². The topological polar surface area (TPSA) is 51.2 Å². The number of carbonyl (C=O) groups is 1. The van der Waals surface area contributed by atoms with Crippen molar-refractivity contribution in [3.8, 4) is 0 Å². The number of amides is 1. The Morgan fingerprint density at radius 1 is 1.64 bits per heavy atom. The first-order valence-electron chi connectivity index (χ1n) is 4.17. The van der Waals surface area contributed by atoms with Crippen molar-refractivity contribution in [3.05, 3.63) is 23.4 Å². The van der Waals surface area contributed by atoms with Crippen LogP contribution >= 0.6 is 11.6 Å².